The molecule has 0 fully saturated rings. The van der Waals surface area contributed by atoms with Gasteiger partial charge in [0.25, 0.3) is 0 Å². The second-order valence-electron chi connectivity index (χ2n) is 4.87. The minimum absolute atomic E-state index is 0.0880. The highest BCUT2D eigenvalue weighted by molar-refractivity contribution is 5.82. The highest BCUT2D eigenvalue weighted by Gasteiger charge is 2.26. The molecule has 0 aromatic rings. The minimum Gasteiger partial charge on any atom is -0.351 e. The third-order valence-electron chi connectivity index (χ3n) is 2.00. The van der Waals surface area contributed by atoms with E-state index in [9.17, 15) is 4.79 Å². The van der Waals surface area contributed by atoms with Gasteiger partial charge in [-0.1, -0.05) is 32.4 Å². The van der Waals surface area contributed by atoms with Crippen molar-refractivity contribution in [2.45, 2.75) is 40.7 Å². The molecule has 82 valence electrons. The van der Waals surface area contributed by atoms with Crippen molar-refractivity contribution in [3.63, 3.8) is 0 Å². The van der Waals surface area contributed by atoms with Gasteiger partial charge in [-0.3, -0.25) is 4.79 Å². The van der Waals surface area contributed by atoms with Crippen LogP contribution in [0.4, 0.5) is 0 Å². The Morgan fingerprint density at radius 1 is 1.43 bits per heavy atom. The van der Waals surface area contributed by atoms with Crippen LogP contribution in [-0.4, -0.2) is 18.5 Å². The SMILES string of the molecule is CC(C)=CCNC(=O)C(N)C(C)(C)C. The van der Waals surface area contributed by atoms with Gasteiger partial charge in [-0.05, 0) is 19.3 Å². The maximum Gasteiger partial charge on any atom is 0.237 e. The number of carbonyl (C=O) groups excluding carboxylic acids is 1. The summed E-state index contributed by atoms with van der Waals surface area (Å²) >= 11 is 0. The van der Waals surface area contributed by atoms with Crippen LogP contribution in [0.3, 0.4) is 0 Å². The van der Waals surface area contributed by atoms with E-state index in [0.29, 0.717) is 6.54 Å². The normalized spacial score (nSPS) is 13.3. The average Bonchev–Trinajstić information content (AvgIpc) is 2.00. The molecule has 3 nitrogen and oxygen atoms in total. The molecule has 0 saturated heterocycles. The van der Waals surface area contributed by atoms with Crippen LogP contribution >= 0.6 is 0 Å². The van der Waals surface area contributed by atoms with E-state index >= 15 is 0 Å². The largest absolute Gasteiger partial charge is 0.351 e. The lowest BCUT2D eigenvalue weighted by Crippen LogP contribution is -2.48. The lowest BCUT2D eigenvalue weighted by Gasteiger charge is -2.25. The van der Waals surface area contributed by atoms with Crippen LogP contribution in [0.25, 0.3) is 0 Å². The van der Waals surface area contributed by atoms with Gasteiger partial charge in [-0.15, -0.1) is 0 Å². The van der Waals surface area contributed by atoms with Crippen molar-refractivity contribution in [2.24, 2.45) is 11.1 Å². The molecule has 0 saturated carbocycles. The standard InChI is InChI=1S/C11H22N2O/c1-8(2)6-7-13-10(14)9(12)11(3,4)5/h6,9H,7,12H2,1-5H3,(H,13,14). The predicted molar refractivity (Wildman–Crippen MR) is 59.9 cm³/mol. The first-order valence-corrected chi connectivity index (χ1v) is 4.92. The van der Waals surface area contributed by atoms with Crippen molar-refractivity contribution in [1.29, 1.82) is 0 Å². The molecule has 0 radical (unpaired) electrons. The smallest absolute Gasteiger partial charge is 0.237 e. The molecule has 1 atom stereocenters. The third-order valence-corrected chi connectivity index (χ3v) is 2.00. The molecular weight excluding hydrogens is 176 g/mol. The Labute approximate surface area is 86.8 Å². The van der Waals surface area contributed by atoms with Gasteiger partial charge in [-0.2, -0.15) is 0 Å². The topological polar surface area (TPSA) is 55.1 Å². The monoisotopic (exact) mass is 198 g/mol. The summed E-state index contributed by atoms with van der Waals surface area (Å²) in [5.41, 5.74) is 6.78. The molecule has 14 heavy (non-hydrogen) atoms. The van der Waals surface area contributed by atoms with Gasteiger partial charge >= 0.3 is 0 Å². The molecule has 0 aliphatic carbocycles. The Morgan fingerprint density at radius 3 is 2.29 bits per heavy atom. The molecule has 0 spiro atoms. The fraction of sp³-hybridized carbons (Fsp3) is 0.727. The molecule has 1 unspecified atom stereocenters. The fourth-order valence-corrected chi connectivity index (χ4v) is 0.859. The van der Waals surface area contributed by atoms with Gasteiger partial charge in [0.15, 0.2) is 0 Å². The van der Waals surface area contributed by atoms with E-state index in [1.165, 1.54) is 5.57 Å². The van der Waals surface area contributed by atoms with E-state index in [4.69, 9.17) is 5.73 Å². The molecule has 0 aliphatic heterocycles. The molecule has 0 aromatic heterocycles. The first-order chi connectivity index (χ1) is 6.25. The van der Waals surface area contributed by atoms with Crippen molar-refractivity contribution in [3.8, 4) is 0 Å². The number of hydrogen-bond donors (Lipinski definition) is 2. The lowest BCUT2D eigenvalue weighted by molar-refractivity contribution is -0.124. The Hall–Kier alpha value is -0.830. The first kappa shape index (κ1) is 13.2. The number of carbonyl (C=O) groups is 1. The number of rotatable bonds is 3. The van der Waals surface area contributed by atoms with Crippen molar-refractivity contribution in [3.05, 3.63) is 11.6 Å². The number of hydrogen-bond acceptors (Lipinski definition) is 2. The summed E-state index contributed by atoms with van der Waals surface area (Å²) in [5, 5.41) is 2.78. The number of amides is 1. The molecule has 0 bridgehead atoms. The van der Waals surface area contributed by atoms with Gasteiger partial charge < -0.3 is 11.1 Å². The number of allylic oxidation sites excluding steroid dienone is 1. The Morgan fingerprint density at radius 2 is 1.93 bits per heavy atom. The third kappa shape index (κ3) is 5.02. The summed E-state index contributed by atoms with van der Waals surface area (Å²) in [6, 6.07) is -0.451. The van der Waals surface area contributed by atoms with E-state index in [1.807, 2.05) is 40.7 Å². The molecule has 0 aliphatic rings. The highest BCUT2D eigenvalue weighted by Crippen LogP contribution is 2.16. The van der Waals surface area contributed by atoms with Gasteiger partial charge in [0, 0.05) is 6.54 Å². The second kappa shape index (κ2) is 5.15. The summed E-state index contributed by atoms with van der Waals surface area (Å²) in [4.78, 5) is 11.5. The summed E-state index contributed by atoms with van der Waals surface area (Å²) in [6.07, 6.45) is 1.97. The summed E-state index contributed by atoms with van der Waals surface area (Å²) in [6.45, 7) is 10.4. The van der Waals surface area contributed by atoms with E-state index in [0.717, 1.165) is 0 Å². The minimum atomic E-state index is -0.451. The van der Waals surface area contributed by atoms with Crippen molar-refractivity contribution < 1.29 is 4.79 Å². The zero-order valence-corrected chi connectivity index (χ0v) is 9.85. The molecule has 0 heterocycles. The van der Waals surface area contributed by atoms with E-state index in [1.54, 1.807) is 0 Å². The predicted octanol–water partition coefficient (Wildman–Crippen LogP) is 1.44. The van der Waals surface area contributed by atoms with E-state index < -0.39 is 6.04 Å². The Balaban J connectivity index is 4.04. The van der Waals surface area contributed by atoms with E-state index in [-0.39, 0.29) is 11.3 Å². The maximum absolute atomic E-state index is 11.5. The average molecular weight is 198 g/mol. The molecule has 0 aromatic carbocycles. The zero-order chi connectivity index (χ0) is 11.4. The van der Waals surface area contributed by atoms with Crippen LogP contribution in [0.5, 0.6) is 0 Å². The van der Waals surface area contributed by atoms with Gasteiger partial charge in [0.05, 0.1) is 6.04 Å². The molecule has 3 heteroatoms. The summed E-state index contributed by atoms with van der Waals surface area (Å²) < 4.78 is 0. The molecule has 0 rings (SSSR count). The zero-order valence-electron chi connectivity index (χ0n) is 9.85. The van der Waals surface area contributed by atoms with Crippen LogP contribution < -0.4 is 11.1 Å². The van der Waals surface area contributed by atoms with Crippen molar-refractivity contribution in [1.82, 2.24) is 5.32 Å². The van der Waals surface area contributed by atoms with Crippen LogP contribution in [0.15, 0.2) is 11.6 Å². The lowest BCUT2D eigenvalue weighted by atomic mass is 9.87. The quantitative estimate of drug-likeness (QED) is 0.674. The van der Waals surface area contributed by atoms with Gasteiger partial charge in [0.2, 0.25) is 5.91 Å². The van der Waals surface area contributed by atoms with E-state index in [2.05, 4.69) is 5.32 Å². The summed E-state index contributed by atoms with van der Waals surface area (Å²) in [7, 11) is 0. The maximum atomic E-state index is 11.5. The molecule has 1 amide bonds. The number of nitrogens with two attached hydrogens (primary N) is 1. The Kier molecular flexibility index (Phi) is 4.85. The highest BCUT2D eigenvalue weighted by atomic mass is 16.2. The van der Waals surface area contributed by atoms with Crippen LogP contribution in [-0.2, 0) is 4.79 Å². The van der Waals surface area contributed by atoms with Gasteiger partial charge in [0.1, 0.15) is 0 Å². The van der Waals surface area contributed by atoms with Crippen LogP contribution in [0, 0.1) is 5.41 Å². The van der Waals surface area contributed by atoms with Crippen LogP contribution in [0.1, 0.15) is 34.6 Å². The summed E-state index contributed by atoms with van der Waals surface area (Å²) in [5.74, 6) is -0.0880. The fourth-order valence-electron chi connectivity index (χ4n) is 0.859. The van der Waals surface area contributed by atoms with Crippen molar-refractivity contribution in [2.75, 3.05) is 6.54 Å². The second-order valence-corrected chi connectivity index (χ2v) is 4.87. The van der Waals surface area contributed by atoms with Crippen molar-refractivity contribution >= 4 is 5.91 Å². The number of nitrogens with one attached hydrogen (secondary N) is 1. The van der Waals surface area contributed by atoms with Crippen LogP contribution in [0.2, 0.25) is 0 Å². The van der Waals surface area contributed by atoms with Gasteiger partial charge in [-0.25, -0.2) is 0 Å². The molecule has 3 N–H and O–H groups in total. The molecular formula is C11H22N2O. The Bertz CT molecular complexity index is 222. The first-order valence-electron chi connectivity index (χ1n) is 4.92.